The zero-order valence-electron chi connectivity index (χ0n) is 8.51. The summed E-state index contributed by atoms with van der Waals surface area (Å²) in [6.45, 7) is 1.94. The number of rotatable bonds is 3. The van der Waals surface area contributed by atoms with Gasteiger partial charge in [0.2, 0.25) is 5.76 Å². The number of carboxylic acids is 1. The largest absolute Gasteiger partial charge is 0.475 e. The van der Waals surface area contributed by atoms with Gasteiger partial charge in [-0.1, -0.05) is 11.8 Å². The number of aromatic carboxylic acids is 1. The molecule has 0 saturated carbocycles. The summed E-state index contributed by atoms with van der Waals surface area (Å²) in [5.41, 5.74) is 1.03. The molecular weight excluding hydrogens is 226 g/mol. The van der Waals surface area contributed by atoms with Gasteiger partial charge >= 0.3 is 5.97 Å². The molecule has 2 aromatic heterocycles. The number of pyridine rings is 1. The Balaban J connectivity index is 2.21. The van der Waals surface area contributed by atoms with Crippen molar-refractivity contribution in [2.45, 2.75) is 16.9 Å². The number of nitrogens with zero attached hydrogens (tertiary/aromatic N) is 1. The molecule has 0 aliphatic heterocycles. The van der Waals surface area contributed by atoms with Crippen LogP contribution in [0.2, 0.25) is 0 Å². The van der Waals surface area contributed by atoms with E-state index in [0.717, 1.165) is 10.5 Å². The van der Waals surface area contributed by atoms with Crippen LogP contribution in [0.15, 0.2) is 45.0 Å². The number of carboxylic acid groups (broad SMARTS) is 1. The average Bonchev–Trinajstić information content (AvgIpc) is 2.70. The van der Waals surface area contributed by atoms with E-state index in [2.05, 4.69) is 4.98 Å². The topological polar surface area (TPSA) is 63.3 Å². The molecule has 0 aliphatic carbocycles. The summed E-state index contributed by atoms with van der Waals surface area (Å²) >= 11 is 1.38. The molecule has 2 heterocycles. The predicted molar refractivity (Wildman–Crippen MR) is 58.8 cm³/mol. The van der Waals surface area contributed by atoms with E-state index < -0.39 is 5.97 Å². The lowest BCUT2D eigenvalue weighted by Crippen LogP contribution is -1.91. The maximum atomic E-state index is 10.6. The van der Waals surface area contributed by atoms with Crippen LogP contribution < -0.4 is 0 Å². The Morgan fingerprint density at radius 1 is 1.44 bits per heavy atom. The summed E-state index contributed by atoms with van der Waals surface area (Å²) in [4.78, 5) is 15.6. The maximum absolute atomic E-state index is 10.6. The summed E-state index contributed by atoms with van der Waals surface area (Å²) in [7, 11) is 0. The molecule has 0 atom stereocenters. The van der Waals surface area contributed by atoms with Crippen molar-refractivity contribution < 1.29 is 14.3 Å². The monoisotopic (exact) mass is 235 g/mol. The molecule has 0 unspecified atom stereocenters. The molecular formula is C11H9NO3S. The highest BCUT2D eigenvalue weighted by molar-refractivity contribution is 7.99. The molecule has 4 nitrogen and oxygen atoms in total. The third-order valence-electron chi connectivity index (χ3n) is 1.97. The van der Waals surface area contributed by atoms with Crippen molar-refractivity contribution in [3.05, 3.63) is 41.9 Å². The highest BCUT2D eigenvalue weighted by atomic mass is 32.2. The minimum absolute atomic E-state index is 0.0470. The predicted octanol–water partition coefficient (Wildman–Crippen LogP) is 2.83. The second kappa shape index (κ2) is 4.40. The van der Waals surface area contributed by atoms with Crippen LogP contribution >= 0.6 is 11.8 Å². The fraction of sp³-hybridized carbons (Fsp3) is 0.0909. The fourth-order valence-corrected chi connectivity index (χ4v) is 2.00. The molecule has 0 aromatic carbocycles. The highest BCUT2D eigenvalue weighted by Crippen LogP contribution is 2.30. The van der Waals surface area contributed by atoms with Crippen molar-refractivity contribution in [3.63, 3.8) is 0 Å². The smallest absolute Gasteiger partial charge is 0.371 e. The quantitative estimate of drug-likeness (QED) is 0.886. The van der Waals surface area contributed by atoms with Gasteiger partial charge in [0.1, 0.15) is 0 Å². The first-order valence-electron chi connectivity index (χ1n) is 4.58. The molecule has 0 aliphatic rings. The molecule has 0 saturated heterocycles. The van der Waals surface area contributed by atoms with Crippen LogP contribution in [0.25, 0.3) is 0 Å². The molecule has 16 heavy (non-hydrogen) atoms. The van der Waals surface area contributed by atoms with Crippen LogP contribution in [0, 0.1) is 6.92 Å². The van der Waals surface area contributed by atoms with Crippen LogP contribution in [0.4, 0.5) is 0 Å². The van der Waals surface area contributed by atoms with Crippen LogP contribution in [0.1, 0.15) is 16.1 Å². The first-order chi connectivity index (χ1) is 7.66. The lowest BCUT2D eigenvalue weighted by atomic mass is 10.3. The van der Waals surface area contributed by atoms with Crippen molar-refractivity contribution in [2.24, 2.45) is 0 Å². The van der Waals surface area contributed by atoms with Crippen LogP contribution in [-0.2, 0) is 0 Å². The van der Waals surface area contributed by atoms with Crippen molar-refractivity contribution in [1.29, 1.82) is 0 Å². The Kier molecular flexibility index (Phi) is 2.96. The molecule has 0 spiro atoms. The van der Waals surface area contributed by atoms with Gasteiger partial charge in [0.05, 0.1) is 0 Å². The van der Waals surface area contributed by atoms with Gasteiger partial charge in [-0.15, -0.1) is 0 Å². The summed E-state index contributed by atoms with van der Waals surface area (Å²) in [5, 5.41) is 9.27. The second-order valence-electron chi connectivity index (χ2n) is 3.17. The number of aromatic nitrogens is 1. The fourth-order valence-electron chi connectivity index (χ4n) is 1.17. The lowest BCUT2D eigenvalue weighted by Gasteiger charge is -2.00. The van der Waals surface area contributed by atoms with Crippen LogP contribution in [0.5, 0.6) is 0 Å². The molecule has 0 fully saturated rings. The van der Waals surface area contributed by atoms with E-state index in [1.54, 1.807) is 18.5 Å². The first-order valence-corrected chi connectivity index (χ1v) is 5.40. The average molecular weight is 235 g/mol. The molecule has 0 radical (unpaired) electrons. The molecule has 1 N–H and O–H groups in total. The number of furan rings is 1. The lowest BCUT2D eigenvalue weighted by molar-refractivity contribution is 0.0656. The van der Waals surface area contributed by atoms with Crippen molar-refractivity contribution in [1.82, 2.24) is 4.98 Å². The normalized spacial score (nSPS) is 10.3. The number of aryl methyl sites for hydroxylation is 1. The summed E-state index contributed by atoms with van der Waals surface area (Å²) in [5.74, 6) is -1.10. The van der Waals surface area contributed by atoms with Crippen LogP contribution in [-0.4, -0.2) is 16.1 Å². The summed E-state index contributed by atoms with van der Waals surface area (Å²) in [6.07, 6.45) is 3.44. The number of hydrogen-bond donors (Lipinski definition) is 1. The van der Waals surface area contributed by atoms with Crippen molar-refractivity contribution >= 4 is 17.7 Å². The van der Waals surface area contributed by atoms with E-state index >= 15 is 0 Å². The summed E-state index contributed by atoms with van der Waals surface area (Å²) < 4.78 is 5.15. The third-order valence-corrected chi connectivity index (χ3v) is 3.07. The Bertz CT molecular complexity index is 521. The van der Waals surface area contributed by atoms with Gasteiger partial charge in [0, 0.05) is 17.3 Å². The van der Waals surface area contributed by atoms with E-state index in [1.807, 2.05) is 13.0 Å². The van der Waals surface area contributed by atoms with E-state index in [9.17, 15) is 4.79 Å². The second-order valence-corrected chi connectivity index (χ2v) is 4.21. The standard InChI is InChI=1S/C11H9NO3S/c1-7-6-12-5-4-9(7)16-10-3-2-8(15-10)11(13)14/h2-6H,1H3,(H,13,14). The minimum Gasteiger partial charge on any atom is -0.475 e. The van der Waals surface area contributed by atoms with E-state index in [0.29, 0.717) is 5.09 Å². The molecule has 0 bridgehead atoms. The molecule has 2 rings (SSSR count). The van der Waals surface area contributed by atoms with Crippen molar-refractivity contribution in [2.75, 3.05) is 0 Å². The Morgan fingerprint density at radius 2 is 2.25 bits per heavy atom. The van der Waals surface area contributed by atoms with Gasteiger partial charge < -0.3 is 9.52 Å². The van der Waals surface area contributed by atoms with Gasteiger partial charge in [-0.05, 0) is 30.7 Å². The van der Waals surface area contributed by atoms with Crippen LogP contribution in [0.3, 0.4) is 0 Å². The summed E-state index contributed by atoms with van der Waals surface area (Å²) in [6, 6.07) is 4.96. The SMILES string of the molecule is Cc1cnccc1Sc1ccc(C(=O)O)o1. The number of carbonyl (C=O) groups is 1. The van der Waals surface area contributed by atoms with Gasteiger partial charge in [0.25, 0.3) is 0 Å². The van der Waals surface area contributed by atoms with Gasteiger partial charge in [-0.3, -0.25) is 4.98 Å². The zero-order chi connectivity index (χ0) is 11.5. The molecule has 82 valence electrons. The van der Waals surface area contributed by atoms with Gasteiger partial charge in [-0.2, -0.15) is 0 Å². The Morgan fingerprint density at radius 3 is 2.88 bits per heavy atom. The van der Waals surface area contributed by atoms with Gasteiger partial charge in [-0.25, -0.2) is 4.79 Å². The highest BCUT2D eigenvalue weighted by Gasteiger charge is 2.10. The Labute approximate surface area is 96.3 Å². The van der Waals surface area contributed by atoms with Gasteiger partial charge in [0.15, 0.2) is 5.09 Å². The van der Waals surface area contributed by atoms with E-state index in [-0.39, 0.29) is 5.76 Å². The molecule has 2 aromatic rings. The first kappa shape index (κ1) is 10.8. The van der Waals surface area contributed by atoms with E-state index in [4.69, 9.17) is 9.52 Å². The molecule has 0 amide bonds. The Hall–Kier alpha value is -1.75. The number of hydrogen-bond acceptors (Lipinski definition) is 4. The zero-order valence-corrected chi connectivity index (χ0v) is 9.32. The minimum atomic E-state index is -1.06. The third kappa shape index (κ3) is 2.25. The maximum Gasteiger partial charge on any atom is 0.371 e. The van der Waals surface area contributed by atoms with E-state index in [1.165, 1.54) is 17.8 Å². The molecule has 5 heteroatoms. The van der Waals surface area contributed by atoms with Crippen molar-refractivity contribution in [3.8, 4) is 0 Å².